The number of ether oxygens (including phenoxy) is 2. The molecule has 0 spiro atoms. The number of benzene rings is 3. The van der Waals surface area contributed by atoms with Gasteiger partial charge in [0.05, 0.1) is 25.0 Å². The minimum atomic E-state index is -0.144. The first-order valence-corrected chi connectivity index (χ1v) is 9.95. The molecule has 0 aliphatic heterocycles. The first kappa shape index (κ1) is 20.2. The van der Waals surface area contributed by atoms with Crippen LogP contribution in [0.5, 0.6) is 11.5 Å². The topological polar surface area (TPSA) is 65.4 Å². The zero-order chi connectivity index (χ0) is 21.5. The molecule has 0 atom stereocenters. The molecule has 6 heteroatoms. The molecular formula is C25H23N3O3. The van der Waals surface area contributed by atoms with E-state index in [0.717, 1.165) is 28.4 Å². The standard InChI is InChI=1S/C25H23N3O3/c1-30-23-13-11-22(12-14-23)28-16-15-21(27-28)17-26-25(29)20-9-7-19(8-10-20)18-31-24-5-3-2-4-6-24/h2-16H,17-18H2,1H3,(H,26,29). The van der Waals surface area contributed by atoms with Gasteiger partial charge in [-0.05, 0) is 60.2 Å². The van der Waals surface area contributed by atoms with E-state index in [1.54, 1.807) is 23.9 Å². The van der Waals surface area contributed by atoms with Crippen LogP contribution in [0.15, 0.2) is 91.1 Å². The molecule has 0 bridgehead atoms. The Hall–Kier alpha value is -4.06. The van der Waals surface area contributed by atoms with Crippen molar-refractivity contribution in [2.45, 2.75) is 13.2 Å². The predicted molar refractivity (Wildman–Crippen MR) is 119 cm³/mol. The van der Waals surface area contributed by atoms with Gasteiger partial charge >= 0.3 is 0 Å². The number of aromatic nitrogens is 2. The van der Waals surface area contributed by atoms with Crippen LogP contribution < -0.4 is 14.8 Å². The predicted octanol–water partition coefficient (Wildman–Crippen LogP) is 4.39. The second-order valence-electron chi connectivity index (χ2n) is 6.93. The first-order chi connectivity index (χ1) is 15.2. The van der Waals surface area contributed by atoms with Gasteiger partial charge in [-0.3, -0.25) is 4.79 Å². The lowest BCUT2D eigenvalue weighted by molar-refractivity contribution is 0.0950. The van der Waals surface area contributed by atoms with E-state index >= 15 is 0 Å². The molecule has 0 saturated carbocycles. The van der Waals surface area contributed by atoms with Crippen LogP contribution in [0.3, 0.4) is 0 Å². The highest BCUT2D eigenvalue weighted by Gasteiger charge is 2.08. The molecule has 156 valence electrons. The summed E-state index contributed by atoms with van der Waals surface area (Å²) in [6, 6.07) is 26.5. The molecule has 0 unspecified atom stereocenters. The minimum Gasteiger partial charge on any atom is -0.497 e. The Bertz CT molecular complexity index is 1120. The summed E-state index contributed by atoms with van der Waals surface area (Å²) in [6.45, 7) is 0.801. The average Bonchev–Trinajstić information content (AvgIpc) is 3.31. The summed E-state index contributed by atoms with van der Waals surface area (Å²) in [5.74, 6) is 1.47. The van der Waals surface area contributed by atoms with Crippen molar-refractivity contribution < 1.29 is 14.3 Å². The van der Waals surface area contributed by atoms with E-state index in [1.165, 1.54) is 0 Å². The van der Waals surface area contributed by atoms with Crippen molar-refractivity contribution >= 4 is 5.91 Å². The molecular weight excluding hydrogens is 390 g/mol. The number of carbonyl (C=O) groups excluding carboxylic acids is 1. The van der Waals surface area contributed by atoms with Gasteiger partial charge in [-0.15, -0.1) is 0 Å². The molecule has 3 aromatic carbocycles. The molecule has 31 heavy (non-hydrogen) atoms. The number of hydrogen-bond acceptors (Lipinski definition) is 4. The lowest BCUT2D eigenvalue weighted by Gasteiger charge is -2.07. The number of para-hydroxylation sites is 1. The fraction of sp³-hybridized carbons (Fsp3) is 0.120. The molecule has 0 fully saturated rings. The Morgan fingerprint density at radius 2 is 1.65 bits per heavy atom. The summed E-state index contributed by atoms with van der Waals surface area (Å²) in [5.41, 5.74) is 3.29. The maximum absolute atomic E-state index is 12.5. The van der Waals surface area contributed by atoms with Gasteiger partial charge in [0.25, 0.3) is 5.91 Å². The van der Waals surface area contributed by atoms with E-state index < -0.39 is 0 Å². The summed E-state index contributed by atoms with van der Waals surface area (Å²) < 4.78 is 12.7. The molecule has 1 heterocycles. The van der Waals surface area contributed by atoms with Crippen LogP contribution in [-0.4, -0.2) is 22.8 Å². The van der Waals surface area contributed by atoms with E-state index in [4.69, 9.17) is 9.47 Å². The SMILES string of the molecule is COc1ccc(-n2ccc(CNC(=O)c3ccc(COc4ccccc4)cc3)n2)cc1. The molecule has 1 amide bonds. The zero-order valence-electron chi connectivity index (χ0n) is 17.2. The van der Waals surface area contributed by atoms with E-state index in [2.05, 4.69) is 10.4 Å². The molecule has 6 nitrogen and oxygen atoms in total. The van der Waals surface area contributed by atoms with Crippen LogP contribution in [0.25, 0.3) is 5.69 Å². The quantitative estimate of drug-likeness (QED) is 0.465. The van der Waals surface area contributed by atoms with Gasteiger partial charge in [-0.2, -0.15) is 5.10 Å². The van der Waals surface area contributed by atoms with Gasteiger partial charge in [0.15, 0.2) is 0 Å². The lowest BCUT2D eigenvalue weighted by atomic mass is 10.1. The number of methoxy groups -OCH3 is 1. The monoisotopic (exact) mass is 413 g/mol. The van der Waals surface area contributed by atoms with Crippen molar-refractivity contribution in [2.24, 2.45) is 0 Å². The molecule has 1 N–H and O–H groups in total. The molecule has 1 aromatic heterocycles. The van der Waals surface area contributed by atoms with Crippen LogP contribution in [0, 0.1) is 0 Å². The second-order valence-corrected chi connectivity index (χ2v) is 6.93. The van der Waals surface area contributed by atoms with E-state index in [0.29, 0.717) is 18.7 Å². The van der Waals surface area contributed by atoms with Crippen molar-refractivity contribution in [1.82, 2.24) is 15.1 Å². The third kappa shape index (κ3) is 5.30. The van der Waals surface area contributed by atoms with Crippen LogP contribution in [0.2, 0.25) is 0 Å². The Morgan fingerprint density at radius 3 is 2.35 bits per heavy atom. The molecule has 4 aromatic rings. The molecule has 0 aliphatic carbocycles. The Kier molecular flexibility index (Phi) is 6.28. The highest BCUT2D eigenvalue weighted by atomic mass is 16.5. The van der Waals surface area contributed by atoms with Crippen molar-refractivity contribution in [1.29, 1.82) is 0 Å². The highest BCUT2D eigenvalue weighted by Crippen LogP contribution is 2.15. The van der Waals surface area contributed by atoms with Gasteiger partial charge in [-0.1, -0.05) is 30.3 Å². The van der Waals surface area contributed by atoms with Crippen LogP contribution >= 0.6 is 0 Å². The molecule has 0 radical (unpaired) electrons. The molecule has 4 rings (SSSR count). The highest BCUT2D eigenvalue weighted by molar-refractivity contribution is 5.94. The Labute approximate surface area is 181 Å². The first-order valence-electron chi connectivity index (χ1n) is 9.95. The van der Waals surface area contributed by atoms with Gasteiger partial charge < -0.3 is 14.8 Å². The third-order valence-electron chi connectivity index (χ3n) is 4.78. The third-order valence-corrected chi connectivity index (χ3v) is 4.78. The number of hydrogen-bond donors (Lipinski definition) is 1. The maximum atomic E-state index is 12.5. The number of nitrogens with zero attached hydrogens (tertiary/aromatic N) is 2. The van der Waals surface area contributed by atoms with Gasteiger partial charge in [-0.25, -0.2) is 4.68 Å². The lowest BCUT2D eigenvalue weighted by Crippen LogP contribution is -2.23. The minimum absolute atomic E-state index is 0.144. The van der Waals surface area contributed by atoms with Gasteiger partial charge in [0.1, 0.15) is 18.1 Å². The molecule has 0 aliphatic rings. The van der Waals surface area contributed by atoms with Crippen molar-refractivity contribution in [2.75, 3.05) is 7.11 Å². The van der Waals surface area contributed by atoms with Crippen molar-refractivity contribution in [3.63, 3.8) is 0 Å². The summed E-state index contributed by atoms with van der Waals surface area (Å²) in [4.78, 5) is 12.5. The van der Waals surface area contributed by atoms with Gasteiger partial charge in [0.2, 0.25) is 0 Å². The van der Waals surface area contributed by atoms with Gasteiger partial charge in [0, 0.05) is 11.8 Å². The maximum Gasteiger partial charge on any atom is 0.251 e. The average molecular weight is 413 g/mol. The number of nitrogens with one attached hydrogen (secondary N) is 1. The summed E-state index contributed by atoms with van der Waals surface area (Å²) in [5, 5.41) is 7.42. The van der Waals surface area contributed by atoms with E-state index in [-0.39, 0.29) is 5.91 Å². The van der Waals surface area contributed by atoms with Crippen LogP contribution in [-0.2, 0) is 13.2 Å². The van der Waals surface area contributed by atoms with E-state index in [9.17, 15) is 4.79 Å². The number of amides is 1. The smallest absolute Gasteiger partial charge is 0.251 e. The van der Waals surface area contributed by atoms with Crippen molar-refractivity contribution in [3.05, 3.63) is 108 Å². The summed E-state index contributed by atoms with van der Waals surface area (Å²) >= 11 is 0. The Morgan fingerprint density at radius 1 is 0.903 bits per heavy atom. The largest absolute Gasteiger partial charge is 0.497 e. The fourth-order valence-electron chi connectivity index (χ4n) is 3.04. The zero-order valence-corrected chi connectivity index (χ0v) is 17.2. The fourth-order valence-corrected chi connectivity index (χ4v) is 3.04. The number of carbonyl (C=O) groups is 1. The summed E-state index contributed by atoms with van der Waals surface area (Å²) in [7, 11) is 1.63. The Balaban J connectivity index is 1.30. The van der Waals surface area contributed by atoms with Crippen LogP contribution in [0.4, 0.5) is 0 Å². The number of rotatable bonds is 8. The van der Waals surface area contributed by atoms with Crippen molar-refractivity contribution in [3.8, 4) is 17.2 Å². The van der Waals surface area contributed by atoms with E-state index in [1.807, 2.05) is 79.0 Å². The second kappa shape index (κ2) is 9.63. The normalized spacial score (nSPS) is 10.5. The molecule has 0 saturated heterocycles. The summed E-state index contributed by atoms with van der Waals surface area (Å²) in [6.07, 6.45) is 1.87. The van der Waals surface area contributed by atoms with Crippen LogP contribution in [0.1, 0.15) is 21.6 Å².